The summed E-state index contributed by atoms with van der Waals surface area (Å²) in [4.78, 5) is 21.5. The highest BCUT2D eigenvalue weighted by atomic mass is 32.2. The van der Waals surface area contributed by atoms with E-state index in [1.807, 2.05) is 6.07 Å². The third-order valence-electron chi connectivity index (χ3n) is 2.94. The van der Waals surface area contributed by atoms with Crippen LogP contribution in [0.4, 0.5) is 5.69 Å². The third-order valence-corrected chi connectivity index (χ3v) is 3.58. The summed E-state index contributed by atoms with van der Waals surface area (Å²) in [5.74, 6) is -1.32. The van der Waals surface area contributed by atoms with E-state index in [-0.39, 0.29) is 5.78 Å². The molecule has 0 saturated carbocycles. The fraction of sp³-hybridized carbons (Fsp3) is 0.188. The Kier molecular flexibility index (Phi) is 6.11. The van der Waals surface area contributed by atoms with Crippen molar-refractivity contribution in [1.82, 2.24) is 4.98 Å². The summed E-state index contributed by atoms with van der Waals surface area (Å²) >= 11 is 0.842. The molecule has 23 heavy (non-hydrogen) atoms. The molecule has 2 rings (SSSR count). The zero-order valence-electron chi connectivity index (χ0n) is 12.4. The lowest BCUT2D eigenvalue weighted by molar-refractivity contribution is -0.185. The number of carbonyl (C=O) groups excluding carboxylic acids is 1. The molecule has 0 aliphatic heterocycles. The molecular formula is C16H15N3O3S. The molecule has 0 bridgehead atoms. The van der Waals surface area contributed by atoms with Crippen LogP contribution in [0.1, 0.15) is 28.9 Å². The molecule has 0 amide bonds. The summed E-state index contributed by atoms with van der Waals surface area (Å²) in [5.41, 5.74) is 6.96. The van der Waals surface area contributed by atoms with Gasteiger partial charge in [0, 0.05) is 5.56 Å². The van der Waals surface area contributed by atoms with Gasteiger partial charge in [0.15, 0.2) is 11.7 Å². The van der Waals surface area contributed by atoms with E-state index in [0.717, 1.165) is 12.0 Å². The van der Waals surface area contributed by atoms with E-state index in [9.17, 15) is 10.1 Å². The Bertz CT molecular complexity index is 716. The number of rotatable bonds is 7. The summed E-state index contributed by atoms with van der Waals surface area (Å²) in [6.45, 7) is 2.15. The third kappa shape index (κ3) is 4.29. The Balaban J connectivity index is 2.26. The van der Waals surface area contributed by atoms with Gasteiger partial charge in [-0.15, -0.1) is 0 Å². The van der Waals surface area contributed by atoms with Crippen LogP contribution >= 0.6 is 12.0 Å². The van der Waals surface area contributed by atoms with Crippen molar-refractivity contribution in [2.24, 2.45) is 0 Å². The normalized spacial score (nSPS) is 11.7. The first kappa shape index (κ1) is 17.0. The molecule has 0 saturated heterocycles. The van der Waals surface area contributed by atoms with Crippen LogP contribution in [0.15, 0.2) is 47.5 Å². The molecule has 0 fully saturated rings. The monoisotopic (exact) mass is 329 g/mol. The van der Waals surface area contributed by atoms with E-state index in [1.54, 1.807) is 49.4 Å². The molecule has 2 N–H and O–H groups in total. The van der Waals surface area contributed by atoms with Gasteiger partial charge in [-0.3, -0.25) is 4.79 Å². The summed E-state index contributed by atoms with van der Waals surface area (Å²) < 4.78 is 4.87. The first-order valence-corrected chi connectivity index (χ1v) is 7.63. The van der Waals surface area contributed by atoms with Crippen LogP contribution in [0.5, 0.6) is 0 Å². The number of carbonyl (C=O) groups is 1. The molecule has 1 aromatic carbocycles. The van der Waals surface area contributed by atoms with Crippen LogP contribution < -0.4 is 5.73 Å². The second-order valence-electron chi connectivity index (χ2n) is 4.48. The Hall–Kier alpha value is -2.40. The van der Waals surface area contributed by atoms with E-state index in [0.29, 0.717) is 28.6 Å². The van der Waals surface area contributed by atoms with E-state index in [4.69, 9.17) is 15.0 Å². The van der Waals surface area contributed by atoms with E-state index >= 15 is 0 Å². The molecule has 0 aliphatic carbocycles. The number of hydrogen-bond donors (Lipinski definition) is 1. The number of nitrogens with two attached hydrogens (primary N) is 1. The van der Waals surface area contributed by atoms with Gasteiger partial charge in [-0.1, -0.05) is 30.3 Å². The van der Waals surface area contributed by atoms with E-state index < -0.39 is 5.92 Å². The topological polar surface area (TPSA) is 98.2 Å². The predicted octanol–water partition coefficient (Wildman–Crippen LogP) is 3.13. The fourth-order valence-electron chi connectivity index (χ4n) is 1.83. The first-order chi connectivity index (χ1) is 11.2. The number of aromatic nitrogens is 1. The van der Waals surface area contributed by atoms with Gasteiger partial charge in [0.1, 0.15) is 5.03 Å². The number of ketones is 1. The van der Waals surface area contributed by atoms with Crippen molar-refractivity contribution in [2.75, 3.05) is 12.3 Å². The molecule has 118 valence electrons. The number of anilines is 1. The Morgan fingerprint density at radius 3 is 2.74 bits per heavy atom. The van der Waals surface area contributed by atoms with Gasteiger partial charge in [0.2, 0.25) is 0 Å². The molecule has 1 heterocycles. The summed E-state index contributed by atoms with van der Waals surface area (Å²) in [5, 5.41) is 9.73. The number of hydrogen-bond acceptors (Lipinski definition) is 7. The molecule has 0 spiro atoms. The zero-order valence-corrected chi connectivity index (χ0v) is 13.2. The van der Waals surface area contributed by atoms with Gasteiger partial charge >= 0.3 is 0 Å². The van der Waals surface area contributed by atoms with Crippen molar-refractivity contribution in [3.63, 3.8) is 0 Å². The SMILES string of the molecule is CCOOSc1nc(C(C#N)C(=O)c2ccccc2)ccc1N. The Morgan fingerprint density at radius 1 is 1.35 bits per heavy atom. The van der Waals surface area contributed by atoms with Crippen molar-refractivity contribution in [2.45, 2.75) is 17.9 Å². The van der Waals surface area contributed by atoms with Crippen LogP contribution in [-0.4, -0.2) is 17.4 Å². The molecule has 7 heteroatoms. The maximum absolute atomic E-state index is 12.5. The lowest BCUT2D eigenvalue weighted by Crippen LogP contribution is -2.13. The second kappa shape index (κ2) is 8.29. The highest BCUT2D eigenvalue weighted by Crippen LogP contribution is 2.27. The number of pyridine rings is 1. The van der Waals surface area contributed by atoms with Gasteiger partial charge in [0.05, 0.1) is 36.1 Å². The summed E-state index contributed by atoms with van der Waals surface area (Å²) in [6, 6.07) is 13.8. The van der Waals surface area contributed by atoms with Crippen LogP contribution in [-0.2, 0) is 9.22 Å². The average Bonchev–Trinajstić information content (AvgIpc) is 2.59. The lowest BCUT2D eigenvalue weighted by atomic mass is 9.95. The van der Waals surface area contributed by atoms with Crippen molar-refractivity contribution in [1.29, 1.82) is 5.26 Å². The van der Waals surface area contributed by atoms with Crippen molar-refractivity contribution < 1.29 is 14.0 Å². The Morgan fingerprint density at radius 2 is 2.09 bits per heavy atom. The number of benzene rings is 1. The quantitative estimate of drug-likeness (QED) is 0.274. The van der Waals surface area contributed by atoms with Gasteiger partial charge in [-0.05, 0) is 19.1 Å². The number of nitrogen functional groups attached to an aromatic ring is 1. The fourth-order valence-corrected chi connectivity index (χ4v) is 2.34. The smallest absolute Gasteiger partial charge is 0.186 e. The van der Waals surface area contributed by atoms with Crippen LogP contribution in [0.25, 0.3) is 0 Å². The van der Waals surface area contributed by atoms with Crippen LogP contribution in [0.2, 0.25) is 0 Å². The van der Waals surface area contributed by atoms with Crippen LogP contribution in [0, 0.1) is 11.3 Å². The highest BCUT2D eigenvalue weighted by Gasteiger charge is 2.24. The summed E-state index contributed by atoms with van der Waals surface area (Å²) in [6.07, 6.45) is 0. The van der Waals surface area contributed by atoms with Crippen molar-refractivity contribution >= 4 is 23.5 Å². The Labute approximate surface area is 138 Å². The molecule has 0 aliphatic rings. The highest BCUT2D eigenvalue weighted by molar-refractivity contribution is 7.94. The van der Waals surface area contributed by atoms with Crippen LogP contribution in [0.3, 0.4) is 0 Å². The minimum atomic E-state index is -1.01. The largest absolute Gasteiger partial charge is 0.396 e. The second-order valence-corrected chi connectivity index (χ2v) is 5.17. The van der Waals surface area contributed by atoms with Gasteiger partial charge in [-0.2, -0.15) is 9.60 Å². The van der Waals surface area contributed by atoms with Crippen molar-refractivity contribution in [3.05, 3.63) is 53.7 Å². The molecular weight excluding hydrogens is 314 g/mol. The first-order valence-electron chi connectivity index (χ1n) is 6.88. The average molecular weight is 329 g/mol. The van der Waals surface area contributed by atoms with E-state index in [2.05, 4.69) is 4.98 Å². The molecule has 2 aromatic rings. The number of nitrogens with zero attached hydrogens (tertiary/aromatic N) is 2. The molecule has 6 nitrogen and oxygen atoms in total. The van der Waals surface area contributed by atoms with Gasteiger partial charge in [-0.25, -0.2) is 9.87 Å². The van der Waals surface area contributed by atoms with Gasteiger partial charge < -0.3 is 5.73 Å². The molecule has 0 radical (unpaired) electrons. The standard InChI is InChI=1S/C16H15N3O3S/c1-2-21-22-23-16-13(18)8-9-14(19-16)12(10-17)15(20)11-6-4-3-5-7-11/h3-9,12H,2,18H2,1H3. The van der Waals surface area contributed by atoms with Gasteiger partial charge in [0.25, 0.3) is 0 Å². The van der Waals surface area contributed by atoms with Crippen molar-refractivity contribution in [3.8, 4) is 6.07 Å². The lowest BCUT2D eigenvalue weighted by Gasteiger charge is -2.10. The maximum Gasteiger partial charge on any atom is 0.186 e. The minimum absolute atomic E-state index is 0.313. The summed E-state index contributed by atoms with van der Waals surface area (Å²) in [7, 11) is 0. The number of Topliss-reactive ketones (excluding diaryl/α,β-unsaturated/α-hetero) is 1. The molecule has 1 aromatic heterocycles. The number of nitriles is 1. The minimum Gasteiger partial charge on any atom is -0.396 e. The molecule has 1 atom stereocenters. The maximum atomic E-state index is 12.5. The predicted molar refractivity (Wildman–Crippen MR) is 86.3 cm³/mol. The van der Waals surface area contributed by atoms with E-state index in [1.165, 1.54) is 0 Å². The zero-order chi connectivity index (χ0) is 16.7. The molecule has 1 unspecified atom stereocenters.